The lowest BCUT2D eigenvalue weighted by atomic mass is 10.2. The van der Waals surface area contributed by atoms with Gasteiger partial charge in [0.15, 0.2) is 0 Å². The predicted octanol–water partition coefficient (Wildman–Crippen LogP) is 2.13. The molecule has 1 rings (SSSR count). The fourth-order valence-electron chi connectivity index (χ4n) is 1.94. The molecule has 0 aromatic carbocycles. The van der Waals surface area contributed by atoms with E-state index < -0.39 is 0 Å². The number of unbranched alkanes of at least 4 members (excludes halogenated alkanes) is 3. The summed E-state index contributed by atoms with van der Waals surface area (Å²) < 4.78 is 0. The van der Waals surface area contributed by atoms with Crippen LogP contribution in [0.4, 0.5) is 0 Å². The van der Waals surface area contributed by atoms with Crippen LogP contribution in [0.5, 0.6) is 0 Å². The highest BCUT2D eigenvalue weighted by molar-refractivity contribution is 5.78. The highest BCUT2D eigenvalue weighted by Gasteiger charge is 2.39. The Labute approximate surface area is 110 Å². The Morgan fingerprint density at radius 2 is 1.39 bits per heavy atom. The molecule has 0 aromatic rings. The molecule has 18 heavy (non-hydrogen) atoms. The second-order valence-electron chi connectivity index (χ2n) is 5.14. The van der Waals surface area contributed by atoms with E-state index in [1.807, 2.05) is 0 Å². The number of carbonyl (C=O) groups is 2. The van der Waals surface area contributed by atoms with E-state index in [1.165, 1.54) is 0 Å². The lowest BCUT2D eigenvalue weighted by molar-refractivity contribution is -0.123. The molecule has 0 aromatic heterocycles. The Kier molecular flexibility index (Phi) is 6.76. The molecule has 2 atom stereocenters. The van der Waals surface area contributed by atoms with Crippen LogP contribution in [-0.2, 0) is 9.59 Å². The van der Waals surface area contributed by atoms with Crippen molar-refractivity contribution in [2.24, 2.45) is 0 Å². The number of carbonyl (C=O) groups excluding carboxylic acids is 2. The van der Waals surface area contributed by atoms with Crippen LogP contribution in [0.3, 0.4) is 0 Å². The van der Waals surface area contributed by atoms with E-state index in [0.29, 0.717) is 12.8 Å². The average molecular weight is 254 g/mol. The lowest BCUT2D eigenvalue weighted by Crippen LogP contribution is -2.34. The van der Waals surface area contributed by atoms with Gasteiger partial charge in [0.1, 0.15) is 0 Å². The molecular weight excluding hydrogens is 228 g/mol. The Morgan fingerprint density at radius 1 is 0.889 bits per heavy atom. The molecule has 0 saturated heterocycles. The summed E-state index contributed by atoms with van der Waals surface area (Å²) >= 11 is 0. The van der Waals surface area contributed by atoms with Gasteiger partial charge in [-0.15, -0.1) is 0 Å². The van der Waals surface area contributed by atoms with Crippen molar-refractivity contribution in [2.75, 3.05) is 0 Å². The van der Waals surface area contributed by atoms with Crippen molar-refractivity contribution in [2.45, 2.75) is 77.3 Å². The van der Waals surface area contributed by atoms with Gasteiger partial charge in [0.2, 0.25) is 11.8 Å². The minimum Gasteiger partial charge on any atom is -0.351 e. The fraction of sp³-hybridized carbons (Fsp3) is 0.857. The van der Waals surface area contributed by atoms with E-state index in [4.69, 9.17) is 0 Å². The van der Waals surface area contributed by atoms with Gasteiger partial charge in [0, 0.05) is 12.8 Å². The van der Waals surface area contributed by atoms with Gasteiger partial charge in [-0.05, 0) is 19.3 Å². The summed E-state index contributed by atoms with van der Waals surface area (Å²) in [6.07, 6.45) is 7.27. The van der Waals surface area contributed by atoms with Crippen LogP contribution >= 0.6 is 0 Å². The quantitative estimate of drug-likeness (QED) is 0.619. The van der Waals surface area contributed by atoms with Crippen molar-refractivity contribution in [1.82, 2.24) is 10.6 Å². The van der Waals surface area contributed by atoms with Gasteiger partial charge >= 0.3 is 0 Å². The van der Waals surface area contributed by atoms with E-state index in [2.05, 4.69) is 24.5 Å². The van der Waals surface area contributed by atoms with Crippen LogP contribution in [0.2, 0.25) is 0 Å². The van der Waals surface area contributed by atoms with Crippen molar-refractivity contribution >= 4 is 11.8 Å². The SMILES string of the molecule is CCCCCC(=O)N[C@H]1C[C@H]1NC(=O)CCCC. The summed E-state index contributed by atoms with van der Waals surface area (Å²) in [5.74, 6) is 0.239. The van der Waals surface area contributed by atoms with Crippen LogP contribution in [0.1, 0.15) is 65.2 Å². The molecule has 2 amide bonds. The molecule has 0 spiro atoms. The first-order chi connectivity index (χ1) is 8.67. The van der Waals surface area contributed by atoms with E-state index in [1.54, 1.807) is 0 Å². The van der Waals surface area contributed by atoms with Gasteiger partial charge in [-0.2, -0.15) is 0 Å². The molecule has 0 aliphatic heterocycles. The third-order valence-corrected chi connectivity index (χ3v) is 3.25. The standard InChI is InChI=1S/C14H26N2O2/c1-3-5-7-9-14(18)16-12-10-11(12)15-13(17)8-6-4-2/h11-12H,3-10H2,1-2H3,(H,15,17)(H,16,18)/t11-,12+/m1/s1. The summed E-state index contributed by atoms with van der Waals surface area (Å²) in [5, 5.41) is 5.93. The van der Waals surface area contributed by atoms with Crippen molar-refractivity contribution < 1.29 is 9.59 Å². The molecular formula is C14H26N2O2. The van der Waals surface area contributed by atoms with Crippen molar-refractivity contribution in [3.05, 3.63) is 0 Å². The van der Waals surface area contributed by atoms with Crippen LogP contribution < -0.4 is 10.6 Å². The summed E-state index contributed by atoms with van der Waals surface area (Å²) in [6.45, 7) is 4.20. The molecule has 0 unspecified atom stereocenters. The maximum atomic E-state index is 11.5. The highest BCUT2D eigenvalue weighted by atomic mass is 16.2. The zero-order chi connectivity index (χ0) is 13.4. The van der Waals surface area contributed by atoms with Crippen LogP contribution in [0, 0.1) is 0 Å². The predicted molar refractivity (Wildman–Crippen MR) is 72.1 cm³/mol. The van der Waals surface area contributed by atoms with E-state index >= 15 is 0 Å². The smallest absolute Gasteiger partial charge is 0.220 e. The lowest BCUT2D eigenvalue weighted by Gasteiger charge is -2.06. The largest absolute Gasteiger partial charge is 0.351 e. The summed E-state index contributed by atoms with van der Waals surface area (Å²) in [4.78, 5) is 23.0. The Hall–Kier alpha value is -1.06. The molecule has 4 nitrogen and oxygen atoms in total. The summed E-state index contributed by atoms with van der Waals surface area (Å²) in [5.41, 5.74) is 0. The number of hydrogen-bond acceptors (Lipinski definition) is 2. The molecule has 2 N–H and O–H groups in total. The normalized spacial score (nSPS) is 21.4. The maximum Gasteiger partial charge on any atom is 0.220 e. The molecule has 1 aliphatic carbocycles. The van der Waals surface area contributed by atoms with Crippen molar-refractivity contribution in [1.29, 1.82) is 0 Å². The van der Waals surface area contributed by atoms with E-state index in [0.717, 1.165) is 38.5 Å². The van der Waals surface area contributed by atoms with Crippen LogP contribution in [0.15, 0.2) is 0 Å². The van der Waals surface area contributed by atoms with Gasteiger partial charge in [-0.1, -0.05) is 33.1 Å². The summed E-state index contributed by atoms with van der Waals surface area (Å²) in [7, 11) is 0. The molecule has 0 radical (unpaired) electrons. The number of amides is 2. The van der Waals surface area contributed by atoms with E-state index in [-0.39, 0.29) is 23.9 Å². The maximum absolute atomic E-state index is 11.5. The molecule has 1 fully saturated rings. The van der Waals surface area contributed by atoms with Gasteiger partial charge < -0.3 is 10.6 Å². The molecule has 0 heterocycles. The monoisotopic (exact) mass is 254 g/mol. The minimum absolute atomic E-state index is 0.115. The van der Waals surface area contributed by atoms with Gasteiger partial charge in [0.05, 0.1) is 12.1 Å². The third-order valence-electron chi connectivity index (χ3n) is 3.25. The van der Waals surface area contributed by atoms with Gasteiger partial charge in [-0.3, -0.25) is 9.59 Å². The molecule has 1 saturated carbocycles. The van der Waals surface area contributed by atoms with Gasteiger partial charge in [0.25, 0.3) is 0 Å². The minimum atomic E-state index is 0.115. The fourth-order valence-corrected chi connectivity index (χ4v) is 1.94. The first-order valence-corrected chi connectivity index (χ1v) is 7.26. The molecule has 4 heteroatoms. The van der Waals surface area contributed by atoms with Crippen molar-refractivity contribution in [3.8, 4) is 0 Å². The number of nitrogens with one attached hydrogen (secondary N) is 2. The Balaban J connectivity index is 2.06. The van der Waals surface area contributed by atoms with Crippen molar-refractivity contribution in [3.63, 3.8) is 0 Å². The van der Waals surface area contributed by atoms with Crippen LogP contribution in [0.25, 0.3) is 0 Å². The zero-order valence-corrected chi connectivity index (χ0v) is 11.6. The molecule has 104 valence electrons. The number of rotatable bonds is 9. The molecule has 1 aliphatic rings. The van der Waals surface area contributed by atoms with E-state index in [9.17, 15) is 9.59 Å². The van der Waals surface area contributed by atoms with Gasteiger partial charge in [-0.25, -0.2) is 0 Å². The van der Waals surface area contributed by atoms with Crippen LogP contribution in [-0.4, -0.2) is 23.9 Å². The first-order valence-electron chi connectivity index (χ1n) is 7.26. The highest BCUT2D eigenvalue weighted by Crippen LogP contribution is 2.21. The molecule has 0 bridgehead atoms. The topological polar surface area (TPSA) is 58.2 Å². The Morgan fingerprint density at radius 3 is 1.89 bits per heavy atom. The Bertz CT molecular complexity index is 279. The number of hydrogen-bond donors (Lipinski definition) is 2. The summed E-state index contributed by atoms with van der Waals surface area (Å²) in [6, 6.07) is 0.342. The first kappa shape index (κ1) is 15.0. The second-order valence-corrected chi connectivity index (χ2v) is 5.14. The second kappa shape index (κ2) is 8.11. The zero-order valence-electron chi connectivity index (χ0n) is 11.6. The average Bonchev–Trinajstić information content (AvgIpc) is 3.04. The third kappa shape index (κ3) is 6.03.